The summed E-state index contributed by atoms with van der Waals surface area (Å²) in [6.07, 6.45) is 9.06. The van der Waals surface area contributed by atoms with Crippen LogP contribution in [0.15, 0.2) is 24.5 Å². The van der Waals surface area contributed by atoms with E-state index < -0.39 is 0 Å². The van der Waals surface area contributed by atoms with Crippen LogP contribution in [-0.4, -0.2) is 10.5 Å². The van der Waals surface area contributed by atoms with E-state index >= 15 is 0 Å². The van der Waals surface area contributed by atoms with Gasteiger partial charge in [0.25, 0.3) is 0 Å². The summed E-state index contributed by atoms with van der Waals surface area (Å²) in [5.74, 6) is 0. The van der Waals surface area contributed by atoms with Gasteiger partial charge in [0.05, 0.1) is 0 Å². The lowest BCUT2D eigenvalue weighted by molar-refractivity contribution is 0.175. The minimum Gasteiger partial charge on any atom is -0.307 e. The molecule has 1 aliphatic carbocycles. The molecular formula is C12H18N2. The maximum Gasteiger partial charge on any atom is 0.0312 e. The molecule has 0 atom stereocenters. The van der Waals surface area contributed by atoms with Crippen LogP contribution in [0.4, 0.5) is 0 Å². The predicted octanol–water partition coefficient (Wildman–Crippen LogP) is 2.50. The lowest BCUT2D eigenvalue weighted by atomic mass is 9.75. The number of nitrogens with zero attached hydrogens (tertiary/aromatic N) is 1. The van der Waals surface area contributed by atoms with Crippen LogP contribution in [0.5, 0.6) is 0 Å². The van der Waals surface area contributed by atoms with Crippen molar-refractivity contribution in [2.45, 2.75) is 44.7 Å². The van der Waals surface area contributed by atoms with Crippen LogP contribution in [0.3, 0.4) is 0 Å². The molecule has 0 radical (unpaired) electrons. The Bertz CT molecular complexity index is 272. The van der Waals surface area contributed by atoms with Crippen LogP contribution in [-0.2, 0) is 6.54 Å². The average Bonchev–Trinajstić information content (AvgIpc) is 2.19. The summed E-state index contributed by atoms with van der Waals surface area (Å²) in [7, 11) is 0. The Morgan fingerprint density at radius 2 is 2.36 bits per heavy atom. The van der Waals surface area contributed by atoms with Gasteiger partial charge in [0.1, 0.15) is 0 Å². The van der Waals surface area contributed by atoms with Gasteiger partial charge in [0.15, 0.2) is 0 Å². The first-order chi connectivity index (χ1) is 6.85. The maximum atomic E-state index is 4.12. The Hall–Kier alpha value is -0.890. The molecule has 2 nitrogen and oxygen atoms in total. The minimum absolute atomic E-state index is 0.440. The van der Waals surface area contributed by atoms with Crippen molar-refractivity contribution >= 4 is 0 Å². The Balaban J connectivity index is 1.88. The van der Waals surface area contributed by atoms with E-state index in [1.165, 1.54) is 31.2 Å². The fraction of sp³-hybridized carbons (Fsp3) is 0.583. The Morgan fingerprint density at radius 1 is 1.50 bits per heavy atom. The van der Waals surface area contributed by atoms with Crippen molar-refractivity contribution in [3.63, 3.8) is 0 Å². The molecule has 2 rings (SSSR count). The monoisotopic (exact) mass is 190 g/mol. The van der Waals surface area contributed by atoms with E-state index in [9.17, 15) is 0 Å². The van der Waals surface area contributed by atoms with Crippen molar-refractivity contribution in [2.75, 3.05) is 0 Å². The summed E-state index contributed by atoms with van der Waals surface area (Å²) in [6, 6.07) is 4.12. The van der Waals surface area contributed by atoms with Gasteiger partial charge in [-0.05, 0) is 37.3 Å². The number of aromatic nitrogens is 1. The standard InChI is InChI=1S/C12H18N2/c1-2-12(6-4-7-12)14-10-11-5-3-8-13-9-11/h3,5,8-9,14H,2,4,6-7,10H2,1H3. The zero-order valence-corrected chi connectivity index (χ0v) is 8.79. The topological polar surface area (TPSA) is 24.9 Å². The normalized spacial score (nSPS) is 18.9. The number of nitrogens with one attached hydrogen (secondary N) is 1. The van der Waals surface area contributed by atoms with Crippen LogP contribution in [0, 0.1) is 0 Å². The minimum atomic E-state index is 0.440. The number of hydrogen-bond donors (Lipinski definition) is 1. The molecule has 0 aromatic carbocycles. The van der Waals surface area contributed by atoms with Gasteiger partial charge in [0.2, 0.25) is 0 Å². The van der Waals surface area contributed by atoms with Crippen molar-refractivity contribution in [2.24, 2.45) is 0 Å². The van der Waals surface area contributed by atoms with E-state index in [1.807, 2.05) is 18.5 Å². The van der Waals surface area contributed by atoms with Crippen LogP contribution < -0.4 is 5.32 Å². The van der Waals surface area contributed by atoms with E-state index in [0.717, 1.165) is 6.54 Å². The molecule has 2 heteroatoms. The first-order valence-corrected chi connectivity index (χ1v) is 5.49. The molecule has 1 heterocycles. The Labute approximate surface area is 85.7 Å². The van der Waals surface area contributed by atoms with Crippen molar-refractivity contribution in [1.82, 2.24) is 10.3 Å². The molecule has 0 amide bonds. The lowest BCUT2D eigenvalue weighted by Crippen LogP contribution is -2.49. The number of hydrogen-bond acceptors (Lipinski definition) is 2. The van der Waals surface area contributed by atoms with Gasteiger partial charge in [-0.25, -0.2) is 0 Å². The Morgan fingerprint density at radius 3 is 2.86 bits per heavy atom. The highest BCUT2D eigenvalue weighted by Crippen LogP contribution is 2.34. The van der Waals surface area contributed by atoms with Crippen molar-refractivity contribution in [3.05, 3.63) is 30.1 Å². The van der Waals surface area contributed by atoms with Crippen LogP contribution in [0.1, 0.15) is 38.2 Å². The first kappa shape index (κ1) is 9.66. The SMILES string of the molecule is CCC1(NCc2cccnc2)CCC1. The fourth-order valence-electron chi connectivity index (χ4n) is 2.05. The summed E-state index contributed by atoms with van der Waals surface area (Å²) < 4.78 is 0. The van der Waals surface area contributed by atoms with E-state index in [-0.39, 0.29) is 0 Å². The highest BCUT2D eigenvalue weighted by Gasteiger charge is 2.33. The van der Waals surface area contributed by atoms with E-state index in [0.29, 0.717) is 5.54 Å². The molecule has 0 bridgehead atoms. The molecule has 0 aliphatic heterocycles. The molecule has 0 spiro atoms. The molecule has 0 saturated heterocycles. The largest absolute Gasteiger partial charge is 0.307 e. The fourth-order valence-corrected chi connectivity index (χ4v) is 2.05. The quantitative estimate of drug-likeness (QED) is 0.789. The molecule has 14 heavy (non-hydrogen) atoms. The second kappa shape index (κ2) is 4.09. The zero-order chi connectivity index (χ0) is 9.86. The third-order valence-electron chi connectivity index (χ3n) is 3.38. The number of rotatable bonds is 4. The van der Waals surface area contributed by atoms with Crippen LogP contribution in [0.25, 0.3) is 0 Å². The molecule has 1 saturated carbocycles. The third-order valence-corrected chi connectivity index (χ3v) is 3.38. The number of pyridine rings is 1. The molecule has 1 fully saturated rings. The van der Waals surface area contributed by atoms with Gasteiger partial charge in [-0.15, -0.1) is 0 Å². The van der Waals surface area contributed by atoms with Crippen molar-refractivity contribution in [1.29, 1.82) is 0 Å². The van der Waals surface area contributed by atoms with E-state index in [4.69, 9.17) is 0 Å². The van der Waals surface area contributed by atoms with E-state index in [2.05, 4.69) is 23.3 Å². The van der Waals surface area contributed by atoms with Gasteiger partial charge in [0, 0.05) is 24.5 Å². The third kappa shape index (κ3) is 1.95. The smallest absolute Gasteiger partial charge is 0.0312 e. The van der Waals surface area contributed by atoms with Gasteiger partial charge in [-0.1, -0.05) is 13.0 Å². The van der Waals surface area contributed by atoms with Gasteiger partial charge in [-0.2, -0.15) is 0 Å². The molecule has 1 aromatic rings. The highest BCUT2D eigenvalue weighted by atomic mass is 15.0. The summed E-state index contributed by atoms with van der Waals surface area (Å²) in [4.78, 5) is 4.12. The second-order valence-corrected chi connectivity index (χ2v) is 4.20. The Kier molecular flexibility index (Phi) is 2.82. The van der Waals surface area contributed by atoms with E-state index in [1.54, 1.807) is 0 Å². The summed E-state index contributed by atoms with van der Waals surface area (Å²) in [5.41, 5.74) is 1.72. The molecule has 1 aromatic heterocycles. The zero-order valence-electron chi connectivity index (χ0n) is 8.79. The second-order valence-electron chi connectivity index (χ2n) is 4.20. The van der Waals surface area contributed by atoms with Crippen LogP contribution >= 0.6 is 0 Å². The first-order valence-electron chi connectivity index (χ1n) is 5.49. The van der Waals surface area contributed by atoms with Crippen molar-refractivity contribution in [3.8, 4) is 0 Å². The van der Waals surface area contributed by atoms with Gasteiger partial charge < -0.3 is 5.32 Å². The molecule has 1 aliphatic rings. The molecular weight excluding hydrogens is 172 g/mol. The lowest BCUT2D eigenvalue weighted by Gasteiger charge is -2.42. The molecule has 1 N–H and O–H groups in total. The average molecular weight is 190 g/mol. The summed E-state index contributed by atoms with van der Waals surface area (Å²) in [5, 5.41) is 3.66. The molecule has 76 valence electrons. The summed E-state index contributed by atoms with van der Waals surface area (Å²) in [6.45, 7) is 3.23. The van der Waals surface area contributed by atoms with Gasteiger partial charge in [-0.3, -0.25) is 4.98 Å². The predicted molar refractivity (Wildman–Crippen MR) is 57.9 cm³/mol. The van der Waals surface area contributed by atoms with Crippen molar-refractivity contribution < 1.29 is 0 Å². The summed E-state index contributed by atoms with van der Waals surface area (Å²) >= 11 is 0. The molecule has 0 unspecified atom stereocenters. The maximum absolute atomic E-state index is 4.12. The van der Waals surface area contributed by atoms with Gasteiger partial charge >= 0.3 is 0 Å². The van der Waals surface area contributed by atoms with Crippen LogP contribution in [0.2, 0.25) is 0 Å². The highest BCUT2D eigenvalue weighted by molar-refractivity contribution is 5.09.